The summed E-state index contributed by atoms with van der Waals surface area (Å²) in [5, 5.41) is 2.88. The summed E-state index contributed by atoms with van der Waals surface area (Å²) >= 11 is 0. The van der Waals surface area contributed by atoms with E-state index in [-0.39, 0.29) is 11.4 Å². The van der Waals surface area contributed by atoms with Crippen LogP contribution in [0, 0.1) is 0 Å². The molecule has 0 atom stereocenters. The van der Waals surface area contributed by atoms with Crippen LogP contribution in [-0.4, -0.2) is 46.0 Å². The number of amides is 1. The van der Waals surface area contributed by atoms with Gasteiger partial charge in [-0.1, -0.05) is 48.5 Å². The summed E-state index contributed by atoms with van der Waals surface area (Å²) < 4.78 is 33.3. The van der Waals surface area contributed by atoms with Gasteiger partial charge in [0, 0.05) is 19.2 Å². The van der Waals surface area contributed by atoms with Gasteiger partial charge in [-0.2, -0.15) is 0 Å². The summed E-state index contributed by atoms with van der Waals surface area (Å²) in [6.45, 7) is 3.12. The summed E-state index contributed by atoms with van der Waals surface area (Å²) in [4.78, 5) is 15.5. The van der Waals surface area contributed by atoms with Gasteiger partial charge in [0.05, 0.1) is 17.7 Å². The highest BCUT2D eigenvalue weighted by Gasteiger charge is 2.27. The second kappa shape index (κ2) is 11.4. The third-order valence-corrected chi connectivity index (χ3v) is 7.83. The van der Waals surface area contributed by atoms with Crippen LogP contribution in [0.1, 0.15) is 24.0 Å². The molecule has 0 saturated carbocycles. The SMILES string of the molecule is COc1cccc(N(CC(=O)NCc2cccc(CN3CCCC3)c2)S(=O)(=O)c2ccccc2)c1. The zero-order chi connectivity index (χ0) is 24.7. The first-order chi connectivity index (χ1) is 17.0. The van der Waals surface area contributed by atoms with Crippen molar-refractivity contribution in [1.82, 2.24) is 10.2 Å². The molecule has 0 radical (unpaired) electrons. The first kappa shape index (κ1) is 24.8. The van der Waals surface area contributed by atoms with Gasteiger partial charge in [0.1, 0.15) is 12.3 Å². The number of ether oxygens (including phenoxy) is 1. The smallest absolute Gasteiger partial charge is 0.264 e. The summed E-state index contributed by atoms with van der Waals surface area (Å²) in [5.74, 6) is 0.114. The summed E-state index contributed by atoms with van der Waals surface area (Å²) in [7, 11) is -2.45. The molecule has 4 rings (SSSR count). The van der Waals surface area contributed by atoms with E-state index in [4.69, 9.17) is 4.74 Å². The number of likely N-dealkylation sites (tertiary alicyclic amines) is 1. The highest BCUT2D eigenvalue weighted by molar-refractivity contribution is 7.92. The topological polar surface area (TPSA) is 79.0 Å². The molecule has 7 nitrogen and oxygen atoms in total. The molecule has 1 N–H and O–H groups in total. The molecule has 8 heteroatoms. The van der Waals surface area contributed by atoms with Gasteiger partial charge in [0.25, 0.3) is 10.0 Å². The number of nitrogens with one attached hydrogen (secondary N) is 1. The van der Waals surface area contributed by atoms with Crippen molar-refractivity contribution in [3.8, 4) is 5.75 Å². The second-order valence-corrected chi connectivity index (χ2v) is 10.5. The fraction of sp³-hybridized carbons (Fsp3) is 0.296. The van der Waals surface area contributed by atoms with Crippen molar-refractivity contribution in [2.24, 2.45) is 0 Å². The lowest BCUT2D eigenvalue weighted by Crippen LogP contribution is -2.40. The number of anilines is 1. The number of carbonyl (C=O) groups is 1. The van der Waals surface area contributed by atoms with Gasteiger partial charge in [-0.25, -0.2) is 8.42 Å². The number of benzene rings is 3. The van der Waals surface area contributed by atoms with E-state index in [1.807, 2.05) is 12.1 Å². The molecule has 1 aliphatic rings. The Kier molecular flexibility index (Phi) is 8.05. The maximum absolute atomic E-state index is 13.5. The molecular weight excluding hydrogens is 462 g/mol. The number of sulfonamides is 1. The number of hydrogen-bond donors (Lipinski definition) is 1. The molecule has 1 fully saturated rings. The maximum Gasteiger partial charge on any atom is 0.264 e. The van der Waals surface area contributed by atoms with Gasteiger partial charge >= 0.3 is 0 Å². The zero-order valence-electron chi connectivity index (χ0n) is 19.9. The Hall–Kier alpha value is -3.36. The minimum atomic E-state index is -3.97. The van der Waals surface area contributed by atoms with Crippen molar-refractivity contribution in [3.63, 3.8) is 0 Å². The molecule has 1 amide bonds. The van der Waals surface area contributed by atoms with Crippen molar-refractivity contribution in [1.29, 1.82) is 0 Å². The van der Waals surface area contributed by atoms with Gasteiger partial charge in [-0.3, -0.25) is 14.0 Å². The summed E-state index contributed by atoms with van der Waals surface area (Å²) in [6, 6.07) is 22.9. The average molecular weight is 494 g/mol. The Morgan fingerprint density at radius 1 is 0.943 bits per heavy atom. The van der Waals surface area contributed by atoms with Crippen LogP contribution in [0.5, 0.6) is 5.75 Å². The van der Waals surface area contributed by atoms with Crippen LogP contribution in [-0.2, 0) is 27.9 Å². The van der Waals surface area contributed by atoms with E-state index in [0.29, 0.717) is 18.0 Å². The van der Waals surface area contributed by atoms with Crippen LogP contribution >= 0.6 is 0 Å². The van der Waals surface area contributed by atoms with Crippen LogP contribution in [0.2, 0.25) is 0 Å². The van der Waals surface area contributed by atoms with Gasteiger partial charge < -0.3 is 10.1 Å². The predicted octanol–water partition coefficient (Wildman–Crippen LogP) is 3.80. The van der Waals surface area contributed by atoms with E-state index in [9.17, 15) is 13.2 Å². The Balaban J connectivity index is 1.48. The number of rotatable bonds is 10. The van der Waals surface area contributed by atoms with E-state index in [0.717, 1.165) is 29.5 Å². The van der Waals surface area contributed by atoms with Crippen molar-refractivity contribution in [3.05, 3.63) is 90.0 Å². The minimum absolute atomic E-state index is 0.116. The maximum atomic E-state index is 13.5. The number of carbonyl (C=O) groups excluding carboxylic acids is 1. The molecule has 1 saturated heterocycles. The molecule has 1 heterocycles. The highest BCUT2D eigenvalue weighted by Crippen LogP contribution is 2.26. The molecule has 0 spiro atoms. The van der Waals surface area contributed by atoms with Gasteiger partial charge in [0.15, 0.2) is 0 Å². The lowest BCUT2D eigenvalue weighted by molar-refractivity contribution is -0.119. The molecule has 0 unspecified atom stereocenters. The summed E-state index contributed by atoms with van der Waals surface area (Å²) in [6.07, 6.45) is 2.48. The first-order valence-electron chi connectivity index (χ1n) is 11.7. The van der Waals surface area contributed by atoms with Crippen molar-refractivity contribution in [2.45, 2.75) is 30.8 Å². The van der Waals surface area contributed by atoms with E-state index in [1.165, 1.54) is 37.6 Å². The van der Waals surface area contributed by atoms with Crippen molar-refractivity contribution in [2.75, 3.05) is 31.0 Å². The molecule has 35 heavy (non-hydrogen) atoms. The van der Waals surface area contributed by atoms with Gasteiger partial charge in [0.2, 0.25) is 5.91 Å². The Labute approximate surface area is 207 Å². The largest absolute Gasteiger partial charge is 0.497 e. The van der Waals surface area contributed by atoms with E-state index >= 15 is 0 Å². The van der Waals surface area contributed by atoms with Crippen LogP contribution in [0.4, 0.5) is 5.69 Å². The lowest BCUT2D eigenvalue weighted by Gasteiger charge is -2.24. The van der Waals surface area contributed by atoms with Crippen LogP contribution in [0.15, 0.2) is 83.8 Å². The number of hydrogen-bond acceptors (Lipinski definition) is 5. The van der Waals surface area contributed by atoms with E-state index in [2.05, 4.69) is 22.3 Å². The molecule has 184 valence electrons. The summed E-state index contributed by atoms with van der Waals surface area (Å²) in [5.41, 5.74) is 2.55. The van der Waals surface area contributed by atoms with Crippen LogP contribution < -0.4 is 14.4 Å². The normalized spacial score (nSPS) is 14.0. The van der Waals surface area contributed by atoms with E-state index in [1.54, 1.807) is 42.5 Å². The third-order valence-electron chi connectivity index (χ3n) is 6.05. The standard InChI is InChI=1S/C27H31N3O4S/c1-34-25-12-8-11-24(18-25)30(35(32,33)26-13-3-2-4-14-26)21-27(31)28-19-22-9-7-10-23(17-22)20-29-15-5-6-16-29/h2-4,7-14,17-18H,5-6,15-16,19-21H2,1H3,(H,28,31). The zero-order valence-corrected chi connectivity index (χ0v) is 20.7. The molecule has 3 aromatic carbocycles. The fourth-order valence-electron chi connectivity index (χ4n) is 4.22. The average Bonchev–Trinajstić information content (AvgIpc) is 3.40. The monoisotopic (exact) mass is 493 g/mol. The Bertz CT molecular complexity index is 1240. The third kappa shape index (κ3) is 6.41. The van der Waals surface area contributed by atoms with Crippen molar-refractivity contribution < 1.29 is 17.9 Å². The second-order valence-electron chi connectivity index (χ2n) is 8.61. The number of methoxy groups -OCH3 is 1. The lowest BCUT2D eigenvalue weighted by atomic mass is 10.1. The number of nitrogens with zero attached hydrogens (tertiary/aromatic N) is 2. The van der Waals surface area contributed by atoms with Gasteiger partial charge in [-0.05, 0) is 61.3 Å². The molecule has 1 aliphatic heterocycles. The molecule has 0 bridgehead atoms. The predicted molar refractivity (Wildman–Crippen MR) is 137 cm³/mol. The van der Waals surface area contributed by atoms with E-state index < -0.39 is 15.9 Å². The molecular formula is C27H31N3O4S. The molecule has 0 aromatic heterocycles. The van der Waals surface area contributed by atoms with Crippen LogP contribution in [0.3, 0.4) is 0 Å². The quantitative estimate of drug-likeness (QED) is 0.465. The Morgan fingerprint density at radius 2 is 1.66 bits per heavy atom. The van der Waals surface area contributed by atoms with Crippen LogP contribution in [0.25, 0.3) is 0 Å². The molecule has 3 aromatic rings. The fourth-order valence-corrected chi connectivity index (χ4v) is 5.66. The van der Waals surface area contributed by atoms with Crippen molar-refractivity contribution >= 4 is 21.6 Å². The Morgan fingerprint density at radius 3 is 2.40 bits per heavy atom. The first-order valence-corrected chi connectivity index (χ1v) is 13.2. The minimum Gasteiger partial charge on any atom is -0.497 e. The highest BCUT2D eigenvalue weighted by atomic mass is 32.2. The van der Waals surface area contributed by atoms with Gasteiger partial charge in [-0.15, -0.1) is 0 Å². The molecule has 0 aliphatic carbocycles.